The predicted molar refractivity (Wildman–Crippen MR) is 423 cm³/mol. The maximum atomic E-state index is 15.5. The summed E-state index contributed by atoms with van der Waals surface area (Å²) in [4.78, 5) is 58.3. The van der Waals surface area contributed by atoms with E-state index in [1.807, 2.05) is 133 Å². The maximum absolute atomic E-state index is 15.5. The van der Waals surface area contributed by atoms with Crippen molar-refractivity contribution in [2.24, 2.45) is 5.92 Å². The number of ether oxygens (including phenoxy) is 9. The molecule has 1 aliphatic rings. The fraction of sp³-hybridized carbons (Fsp3) is 0.565. The van der Waals surface area contributed by atoms with E-state index in [1.165, 1.54) is 135 Å². The van der Waals surface area contributed by atoms with E-state index in [-0.39, 0.29) is 51.4 Å². The molecule has 1 saturated heterocycles. The van der Waals surface area contributed by atoms with Crippen molar-refractivity contribution in [3.05, 3.63) is 215 Å². The van der Waals surface area contributed by atoms with Gasteiger partial charge in [0.2, 0.25) is 0 Å². The molecule has 1 aliphatic heterocycles. The topological polar surface area (TPSA) is 163 Å². The number of benzene rings is 6. The molecule has 580 valence electrons. The number of unbranched alkanes of at least 4 members (excludes halogenated alkanes) is 27. The fourth-order valence-electron chi connectivity index (χ4n) is 14.0. The van der Waals surface area contributed by atoms with Gasteiger partial charge in [0.25, 0.3) is 5.91 Å². The molecule has 0 spiro atoms. The van der Waals surface area contributed by atoms with Gasteiger partial charge in [0, 0.05) is 6.92 Å². The Kier molecular flexibility index (Phi) is 43.7. The van der Waals surface area contributed by atoms with Gasteiger partial charge in [0.05, 0.1) is 56.8 Å². The summed E-state index contributed by atoms with van der Waals surface area (Å²) in [5, 5.41) is 3.22. The largest absolute Gasteiger partial charge is 0.455 e. The van der Waals surface area contributed by atoms with Crippen LogP contribution >= 0.6 is 0 Å². The SMILES string of the molecule is CCCCCCCCCCCCCCCCCCCCCC[C@@H](OC(C)=O)C(=O)N[C@@H](CO[C@H]1O[C@H](COCc2ccccc2)[C@H](OCc2ccccc2)[C@H](OCc2ccccc2)[C@H]1OCc1ccccc1)[C@H](OC(=O)c1ccccc1)[C@@H](CCCCCCCCCCCC(C)C)OC(=O)c1ccccc1. The standard InChI is InChI=1S/C92H129NO13/c1-5-6-7-8-9-10-11-12-13-14-15-16-17-18-19-20-23-27-30-51-66-83(103-74(4)94)89(95)93-81(85(106-91(97)80-63-48-36-49-64-80)82(104-90(96)79-61-46-35-47-62-79)65-50-29-26-24-21-22-25-28-37-52-73(2)3)71-102-92-88(101-70-78-59-44-34-45-60-78)87(100-69-77-57-42-33-43-58-77)86(99-68-76-55-40-32-41-56-76)84(105-92)72-98-67-75-53-38-31-39-54-75/h31-36,38-49,53-64,73,81-88,92H,5-30,37,50-52,65-72H2,1-4H3,(H,93,95)/t81-,82+,83+,84+,85-,86-,87-,88+,92-/m0/s1. The lowest BCUT2D eigenvalue weighted by atomic mass is 9.97. The van der Waals surface area contributed by atoms with Gasteiger partial charge in [-0.25, -0.2) is 9.59 Å². The zero-order valence-electron chi connectivity index (χ0n) is 64.8. The molecule has 1 N–H and O–H groups in total. The molecule has 14 heteroatoms. The molecule has 0 aliphatic carbocycles. The molecular weight excluding hydrogens is 1330 g/mol. The lowest BCUT2D eigenvalue weighted by Crippen LogP contribution is -2.63. The van der Waals surface area contributed by atoms with Crippen LogP contribution in [0.5, 0.6) is 0 Å². The molecule has 0 unspecified atom stereocenters. The van der Waals surface area contributed by atoms with Gasteiger partial charge in [0.1, 0.15) is 30.5 Å². The molecule has 0 bridgehead atoms. The van der Waals surface area contributed by atoms with E-state index in [9.17, 15) is 14.4 Å². The summed E-state index contributed by atoms with van der Waals surface area (Å²) in [6, 6.07) is 55.6. The summed E-state index contributed by atoms with van der Waals surface area (Å²) in [5.74, 6) is -1.86. The molecule has 1 fully saturated rings. The summed E-state index contributed by atoms with van der Waals surface area (Å²) in [6.07, 6.45) is 27.3. The highest BCUT2D eigenvalue weighted by atomic mass is 16.7. The molecule has 0 radical (unpaired) electrons. The smallest absolute Gasteiger partial charge is 0.338 e. The van der Waals surface area contributed by atoms with Crippen molar-refractivity contribution in [1.29, 1.82) is 0 Å². The van der Waals surface area contributed by atoms with Gasteiger partial charge < -0.3 is 47.9 Å². The van der Waals surface area contributed by atoms with Crippen molar-refractivity contribution in [3.8, 4) is 0 Å². The van der Waals surface area contributed by atoms with Crippen molar-refractivity contribution >= 4 is 23.8 Å². The van der Waals surface area contributed by atoms with Crippen LogP contribution in [-0.4, -0.2) is 92.1 Å². The summed E-state index contributed by atoms with van der Waals surface area (Å²) in [6.45, 7) is 8.56. The summed E-state index contributed by atoms with van der Waals surface area (Å²) >= 11 is 0. The van der Waals surface area contributed by atoms with Gasteiger partial charge in [-0.1, -0.05) is 358 Å². The average Bonchev–Trinajstić information content (AvgIpc) is 0.788. The third-order valence-corrected chi connectivity index (χ3v) is 20.1. The van der Waals surface area contributed by atoms with Crippen LogP contribution in [0.2, 0.25) is 0 Å². The molecule has 1 amide bonds. The highest BCUT2D eigenvalue weighted by Gasteiger charge is 2.50. The van der Waals surface area contributed by atoms with Crippen molar-refractivity contribution in [1.82, 2.24) is 5.32 Å². The van der Waals surface area contributed by atoms with E-state index in [0.29, 0.717) is 24.3 Å². The molecule has 7 rings (SSSR count). The minimum Gasteiger partial charge on any atom is -0.455 e. The number of esters is 3. The Balaban J connectivity index is 1.18. The Morgan fingerprint density at radius 3 is 1.16 bits per heavy atom. The quantitative estimate of drug-likeness (QED) is 0.0218. The lowest BCUT2D eigenvalue weighted by Gasteiger charge is -2.46. The maximum Gasteiger partial charge on any atom is 0.338 e. The highest BCUT2D eigenvalue weighted by molar-refractivity contribution is 5.90. The van der Waals surface area contributed by atoms with Crippen LogP contribution in [0, 0.1) is 5.92 Å². The van der Waals surface area contributed by atoms with Crippen LogP contribution in [0.25, 0.3) is 0 Å². The van der Waals surface area contributed by atoms with Crippen LogP contribution in [0.3, 0.4) is 0 Å². The second-order valence-electron chi connectivity index (χ2n) is 29.6. The van der Waals surface area contributed by atoms with Crippen LogP contribution in [0.15, 0.2) is 182 Å². The fourth-order valence-corrected chi connectivity index (χ4v) is 14.0. The third-order valence-electron chi connectivity index (χ3n) is 20.1. The number of nitrogens with one attached hydrogen (secondary N) is 1. The van der Waals surface area contributed by atoms with Gasteiger partial charge in [-0.3, -0.25) is 9.59 Å². The van der Waals surface area contributed by atoms with Crippen molar-refractivity contribution in [2.75, 3.05) is 13.2 Å². The van der Waals surface area contributed by atoms with Gasteiger partial charge in [-0.15, -0.1) is 0 Å². The Morgan fingerprint density at radius 2 is 0.745 bits per heavy atom. The summed E-state index contributed by atoms with van der Waals surface area (Å²) in [7, 11) is 0. The predicted octanol–water partition coefficient (Wildman–Crippen LogP) is 21.7. The number of carbonyl (C=O) groups is 4. The first-order chi connectivity index (χ1) is 52.0. The Hall–Kier alpha value is -7.04. The van der Waals surface area contributed by atoms with Crippen LogP contribution in [0.1, 0.15) is 276 Å². The number of amides is 1. The molecule has 6 aromatic carbocycles. The average molecular weight is 1460 g/mol. The molecule has 0 aromatic heterocycles. The van der Waals surface area contributed by atoms with Gasteiger partial charge >= 0.3 is 17.9 Å². The molecular formula is C92H129NO13. The van der Waals surface area contributed by atoms with E-state index in [1.54, 1.807) is 48.5 Å². The molecule has 6 aromatic rings. The minimum absolute atomic E-state index is 0.0433. The normalized spacial score (nSPS) is 16.9. The number of rotatable bonds is 58. The van der Waals surface area contributed by atoms with Crippen molar-refractivity contribution < 1.29 is 61.8 Å². The van der Waals surface area contributed by atoms with E-state index in [0.717, 1.165) is 73.6 Å². The Bertz CT molecular complexity index is 3200. The van der Waals surface area contributed by atoms with Crippen LogP contribution < -0.4 is 5.32 Å². The first-order valence-electron chi connectivity index (χ1n) is 40.9. The summed E-state index contributed by atoms with van der Waals surface area (Å²) < 4.78 is 61.6. The first-order valence-corrected chi connectivity index (χ1v) is 40.9. The van der Waals surface area contributed by atoms with E-state index >= 15 is 4.79 Å². The van der Waals surface area contributed by atoms with Crippen molar-refractivity contribution in [3.63, 3.8) is 0 Å². The van der Waals surface area contributed by atoms with Crippen LogP contribution in [-0.2, 0) is 78.6 Å². The molecule has 9 atom stereocenters. The van der Waals surface area contributed by atoms with E-state index in [4.69, 9.17) is 42.6 Å². The van der Waals surface area contributed by atoms with Gasteiger partial charge in [-0.05, 0) is 78.1 Å². The lowest BCUT2D eigenvalue weighted by molar-refractivity contribution is -0.329. The second-order valence-corrected chi connectivity index (χ2v) is 29.6. The third kappa shape index (κ3) is 35.3. The van der Waals surface area contributed by atoms with Crippen LogP contribution in [0.4, 0.5) is 0 Å². The minimum atomic E-state index is -1.39. The zero-order chi connectivity index (χ0) is 74.7. The molecule has 14 nitrogen and oxygen atoms in total. The number of hydrogen-bond donors (Lipinski definition) is 1. The number of hydrogen-bond acceptors (Lipinski definition) is 13. The molecule has 1 heterocycles. The second kappa shape index (κ2) is 53.7. The zero-order valence-corrected chi connectivity index (χ0v) is 64.8. The molecule has 106 heavy (non-hydrogen) atoms. The molecule has 0 saturated carbocycles. The number of carbonyl (C=O) groups excluding carboxylic acids is 4. The Labute approximate surface area is 636 Å². The van der Waals surface area contributed by atoms with E-state index in [2.05, 4.69) is 26.1 Å². The Morgan fingerprint density at radius 1 is 0.387 bits per heavy atom. The van der Waals surface area contributed by atoms with Crippen molar-refractivity contribution in [2.45, 2.75) is 315 Å². The van der Waals surface area contributed by atoms with Gasteiger partial charge in [0.15, 0.2) is 18.5 Å². The van der Waals surface area contributed by atoms with Gasteiger partial charge in [-0.2, -0.15) is 0 Å². The highest BCUT2D eigenvalue weighted by Crippen LogP contribution is 2.33. The van der Waals surface area contributed by atoms with E-state index < -0.39 is 85.5 Å². The monoisotopic (exact) mass is 1460 g/mol. The summed E-state index contributed by atoms with van der Waals surface area (Å²) in [5.41, 5.74) is 4.25. The first kappa shape index (κ1) is 86.2.